The molecule has 0 atom stereocenters. The average molecular weight is 315 g/mol. The van der Waals surface area contributed by atoms with Crippen molar-refractivity contribution in [2.75, 3.05) is 0 Å². The smallest absolute Gasteiger partial charge is 0.131 e. The predicted octanol–water partition coefficient (Wildman–Crippen LogP) is 4.42. The SMILES string of the molecule is CC(C)(C)c1cccc(C(C)(C)C)c1O.CCc1ncncn1. The highest BCUT2D eigenvalue weighted by atomic mass is 16.3. The number of aryl methyl sites for hydroxylation is 1. The lowest BCUT2D eigenvalue weighted by molar-refractivity contribution is 0.423. The van der Waals surface area contributed by atoms with Crippen molar-refractivity contribution in [3.05, 3.63) is 47.8 Å². The molecule has 4 nitrogen and oxygen atoms in total. The first kappa shape index (κ1) is 19.1. The molecule has 0 aliphatic carbocycles. The Balaban J connectivity index is 0.000000277. The lowest BCUT2D eigenvalue weighted by atomic mass is 9.80. The average Bonchev–Trinajstić information content (AvgIpc) is 2.46. The topological polar surface area (TPSA) is 58.9 Å². The first-order valence-electron chi connectivity index (χ1n) is 8.01. The van der Waals surface area contributed by atoms with Crippen LogP contribution in [0.4, 0.5) is 0 Å². The summed E-state index contributed by atoms with van der Waals surface area (Å²) >= 11 is 0. The molecule has 1 N–H and O–H groups in total. The third-order valence-electron chi connectivity index (χ3n) is 3.52. The number of aromatic nitrogens is 3. The van der Waals surface area contributed by atoms with E-state index < -0.39 is 0 Å². The zero-order chi connectivity index (χ0) is 17.7. The summed E-state index contributed by atoms with van der Waals surface area (Å²) in [5, 5.41) is 10.3. The van der Waals surface area contributed by atoms with Gasteiger partial charge in [0.15, 0.2) is 0 Å². The van der Waals surface area contributed by atoms with Gasteiger partial charge >= 0.3 is 0 Å². The van der Waals surface area contributed by atoms with E-state index in [1.54, 1.807) is 0 Å². The number of hydrogen-bond acceptors (Lipinski definition) is 4. The van der Waals surface area contributed by atoms with E-state index in [1.165, 1.54) is 12.7 Å². The Kier molecular flexibility index (Phi) is 6.25. The summed E-state index contributed by atoms with van der Waals surface area (Å²) in [5.74, 6) is 1.30. The Labute approximate surface area is 140 Å². The first-order valence-corrected chi connectivity index (χ1v) is 8.01. The first-order chi connectivity index (χ1) is 10.6. The maximum atomic E-state index is 10.3. The number of phenolic OH excluding ortho intramolecular Hbond substituents is 1. The van der Waals surface area contributed by atoms with Gasteiger partial charge in [-0.2, -0.15) is 0 Å². The molecule has 1 heterocycles. The van der Waals surface area contributed by atoms with Crippen LogP contribution < -0.4 is 0 Å². The van der Waals surface area contributed by atoms with E-state index in [-0.39, 0.29) is 10.8 Å². The number of phenols is 1. The molecule has 2 aromatic rings. The van der Waals surface area contributed by atoms with Crippen molar-refractivity contribution in [3.8, 4) is 5.75 Å². The number of aromatic hydroxyl groups is 1. The molecule has 0 spiro atoms. The monoisotopic (exact) mass is 315 g/mol. The van der Waals surface area contributed by atoms with Crippen LogP contribution in [0.1, 0.15) is 65.4 Å². The van der Waals surface area contributed by atoms with Gasteiger partial charge in [0.05, 0.1) is 0 Å². The lowest BCUT2D eigenvalue weighted by Gasteiger charge is -2.26. The Morgan fingerprint density at radius 1 is 0.870 bits per heavy atom. The van der Waals surface area contributed by atoms with E-state index in [2.05, 4.69) is 56.5 Å². The molecule has 0 bridgehead atoms. The number of rotatable bonds is 1. The highest BCUT2D eigenvalue weighted by Crippen LogP contribution is 2.38. The van der Waals surface area contributed by atoms with Crippen molar-refractivity contribution in [2.24, 2.45) is 0 Å². The summed E-state index contributed by atoms with van der Waals surface area (Å²) in [5.41, 5.74) is 2.03. The van der Waals surface area contributed by atoms with Crippen LogP contribution in [-0.4, -0.2) is 20.1 Å². The van der Waals surface area contributed by atoms with Gasteiger partial charge in [0.25, 0.3) is 0 Å². The minimum atomic E-state index is -0.00859. The van der Waals surface area contributed by atoms with Crippen molar-refractivity contribution in [3.63, 3.8) is 0 Å². The summed E-state index contributed by atoms with van der Waals surface area (Å²) < 4.78 is 0. The predicted molar refractivity (Wildman–Crippen MR) is 94.7 cm³/mol. The zero-order valence-electron chi connectivity index (χ0n) is 15.4. The molecular weight excluding hydrogens is 286 g/mol. The number of hydrogen-bond donors (Lipinski definition) is 1. The van der Waals surface area contributed by atoms with Crippen LogP contribution in [0.5, 0.6) is 5.75 Å². The molecule has 0 aliphatic heterocycles. The Morgan fingerprint density at radius 2 is 1.30 bits per heavy atom. The van der Waals surface area contributed by atoms with Crippen molar-refractivity contribution in [1.82, 2.24) is 15.0 Å². The lowest BCUT2D eigenvalue weighted by Crippen LogP contribution is -2.16. The maximum Gasteiger partial charge on any atom is 0.131 e. The molecule has 0 amide bonds. The number of nitrogens with zero attached hydrogens (tertiary/aromatic N) is 3. The summed E-state index contributed by atoms with van der Waals surface area (Å²) in [6, 6.07) is 6.04. The van der Waals surface area contributed by atoms with Crippen molar-refractivity contribution < 1.29 is 5.11 Å². The second kappa shape index (κ2) is 7.53. The summed E-state index contributed by atoms with van der Waals surface area (Å²) in [7, 11) is 0. The molecule has 4 heteroatoms. The molecule has 0 aliphatic rings. The van der Waals surface area contributed by atoms with Gasteiger partial charge in [-0.25, -0.2) is 15.0 Å². The highest BCUT2D eigenvalue weighted by molar-refractivity contribution is 5.46. The van der Waals surface area contributed by atoms with Gasteiger partial charge in [-0.05, 0) is 22.0 Å². The van der Waals surface area contributed by atoms with Gasteiger partial charge in [-0.15, -0.1) is 0 Å². The van der Waals surface area contributed by atoms with Crippen molar-refractivity contribution in [2.45, 2.75) is 65.7 Å². The molecule has 0 radical (unpaired) electrons. The van der Waals surface area contributed by atoms with Crippen LogP contribution >= 0.6 is 0 Å². The second-order valence-corrected chi connectivity index (χ2v) is 7.61. The van der Waals surface area contributed by atoms with Gasteiger partial charge < -0.3 is 5.11 Å². The minimum Gasteiger partial charge on any atom is -0.507 e. The third-order valence-corrected chi connectivity index (χ3v) is 3.52. The number of para-hydroxylation sites is 1. The van der Waals surface area contributed by atoms with Gasteiger partial charge in [-0.3, -0.25) is 0 Å². The van der Waals surface area contributed by atoms with Crippen molar-refractivity contribution >= 4 is 0 Å². The van der Waals surface area contributed by atoms with Crippen LogP contribution in [0.3, 0.4) is 0 Å². The maximum absolute atomic E-state index is 10.3. The fourth-order valence-corrected chi connectivity index (χ4v) is 2.20. The number of benzene rings is 1. The van der Waals surface area contributed by atoms with Crippen LogP contribution in [0, 0.1) is 0 Å². The fourth-order valence-electron chi connectivity index (χ4n) is 2.20. The Hall–Kier alpha value is -1.97. The molecule has 0 saturated carbocycles. The second-order valence-electron chi connectivity index (χ2n) is 7.61. The van der Waals surface area contributed by atoms with E-state index in [9.17, 15) is 5.11 Å². The fraction of sp³-hybridized carbons (Fsp3) is 0.526. The van der Waals surface area contributed by atoms with Gasteiger partial charge in [0.2, 0.25) is 0 Å². The Morgan fingerprint density at radius 3 is 1.61 bits per heavy atom. The van der Waals surface area contributed by atoms with E-state index >= 15 is 0 Å². The highest BCUT2D eigenvalue weighted by Gasteiger charge is 2.24. The summed E-state index contributed by atoms with van der Waals surface area (Å²) in [6.45, 7) is 14.7. The molecule has 0 saturated heterocycles. The van der Waals surface area contributed by atoms with Crippen molar-refractivity contribution in [1.29, 1.82) is 0 Å². The quantitative estimate of drug-likeness (QED) is 0.846. The molecule has 0 unspecified atom stereocenters. The van der Waals surface area contributed by atoms with E-state index in [1.807, 2.05) is 25.1 Å². The summed E-state index contributed by atoms with van der Waals surface area (Å²) in [6.07, 6.45) is 3.89. The van der Waals surface area contributed by atoms with Crippen LogP contribution in [-0.2, 0) is 17.3 Å². The van der Waals surface area contributed by atoms with Crippen LogP contribution in [0.15, 0.2) is 30.9 Å². The van der Waals surface area contributed by atoms with Gasteiger partial charge in [0.1, 0.15) is 24.2 Å². The largest absolute Gasteiger partial charge is 0.507 e. The summed E-state index contributed by atoms with van der Waals surface area (Å²) in [4.78, 5) is 11.4. The Bertz CT molecular complexity index is 578. The molecule has 23 heavy (non-hydrogen) atoms. The van der Waals surface area contributed by atoms with E-state index in [0.717, 1.165) is 23.4 Å². The van der Waals surface area contributed by atoms with E-state index in [0.29, 0.717) is 5.75 Å². The molecule has 0 fully saturated rings. The van der Waals surface area contributed by atoms with Crippen LogP contribution in [0.2, 0.25) is 0 Å². The van der Waals surface area contributed by atoms with Gasteiger partial charge in [0, 0.05) is 6.42 Å². The molecular formula is C19H29N3O. The molecule has 1 aromatic carbocycles. The molecule has 1 aromatic heterocycles. The molecule has 126 valence electrons. The van der Waals surface area contributed by atoms with E-state index in [4.69, 9.17) is 0 Å². The molecule has 2 rings (SSSR count). The zero-order valence-corrected chi connectivity index (χ0v) is 15.4. The third kappa shape index (κ3) is 5.62. The minimum absolute atomic E-state index is 0.00859. The van der Waals surface area contributed by atoms with Gasteiger partial charge in [-0.1, -0.05) is 66.7 Å². The normalized spacial score (nSPS) is 11.6. The standard InChI is InChI=1S/C14H22O.C5H7N3/c1-13(2,3)10-8-7-9-11(12(10)15)14(4,5)6;1-2-5-7-3-6-4-8-5/h7-9,15H,1-6H3;3-4H,2H2,1H3. The van der Waals surface area contributed by atoms with Crippen LogP contribution in [0.25, 0.3) is 0 Å².